The molecule has 120 heavy (non-hydrogen) atoms. The van der Waals surface area contributed by atoms with Crippen molar-refractivity contribution in [3.63, 3.8) is 0 Å². The molecule has 10 heterocycles. The van der Waals surface area contributed by atoms with Gasteiger partial charge in [0.2, 0.25) is 5.95 Å². The van der Waals surface area contributed by atoms with E-state index in [1.54, 1.807) is 87.3 Å². The summed E-state index contributed by atoms with van der Waals surface area (Å²) < 4.78 is 27.1. The molecule has 20 nitrogen and oxygen atoms in total. The largest absolute Gasteiger partial charge is 0.497 e. The summed E-state index contributed by atoms with van der Waals surface area (Å²) in [6, 6.07) is 75.8. The molecule has 604 valence electrons. The van der Waals surface area contributed by atoms with Gasteiger partial charge in [0.15, 0.2) is 0 Å². The lowest BCUT2D eigenvalue weighted by molar-refractivity contribution is 0.135. The molecule has 0 bridgehead atoms. The van der Waals surface area contributed by atoms with E-state index in [-0.39, 0.29) is 30.2 Å². The molecule has 4 aliphatic rings. The second-order valence-corrected chi connectivity index (χ2v) is 31.4. The van der Waals surface area contributed by atoms with E-state index in [9.17, 15) is 9.59 Å². The summed E-state index contributed by atoms with van der Waals surface area (Å²) in [7, 11) is 8.50. The third-order valence-corrected chi connectivity index (χ3v) is 23.7. The molecular weight excluding hydrogens is 1540 g/mol. The van der Waals surface area contributed by atoms with Gasteiger partial charge in [-0.25, -0.2) is 24.5 Å². The number of hydrogen-bond donors (Lipinski definition) is 4. The first kappa shape index (κ1) is 78.9. The number of aromatic nitrogens is 8. The van der Waals surface area contributed by atoms with Crippen LogP contribution in [-0.2, 0) is 25.7 Å². The lowest BCUT2D eigenvalue weighted by Gasteiger charge is -2.38. The van der Waals surface area contributed by atoms with Gasteiger partial charge in [0, 0.05) is 140 Å². The Bertz CT molecular complexity index is 6140. The van der Waals surface area contributed by atoms with E-state index in [2.05, 4.69) is 149 Å². The van der Waals surface area contributed by atoms with E-state index < -0.39 is 6.09 Å². The predicted octanol–water partition coefficient (Wildman–Crippen LogP) is 21.2. The van der Waals surface area contributed by atoms with Gasteiger partial charge >= 0.3 is 12.1 Å². The van der Waals surface area contributed by atoms with Crippen LogP contribution >= 0.6 is 23.2 Å². The van der Waals surface area contributed by atoms with Gasteiger partial charge in [0.1, 0.15) is 40.6 Å². The number of H-pyrrole nitrogens is 4. The fourth-order valence-corrected chi connectivity index (χ4v) is 17.7. The second kappa shape index (κ2) is 34.6. The smallest absolute Gasteiger partial charge is 0.416 e. The van der Waals surface area contributed by atoms with Gasteiger partial charge in [-0.3, -0.25) is 14.8 Å². The predicted molar refractivity (Wildman–Crippen MR) is 476 cm³/mol. The third-order valence-electron chi connectivity index (χ3n) is 23.2. The average Bonchev–Trinajstić information content (AvgIpc) is 1.59. The zero-order valence-electron chi connectivity index (χ0n) is 67.9. The van der Waals surface area contributed by atoms with E-state index in [0.29, 0.717) is 28.9 Å². The van der Waals surface area contributed by atoms with Crippen LogP contribution in [0, 0.1) is 20.8 Å². The number of amides is 3. The number of carbonyl (C=O) groups is 2. The quantitative estimate of drug-likeness (QED) is 0.0898. The maximum atomic E-state index is 13.7. The zero-order chi connectivity index (χ0) is 82.7. The van der Waals surface area contributed by atoms with Crippen LogP contribution in [0.5, 0.6) is 28.7 Å². The van der Waals surface area contributed by atoms with Crippen LogP contribution < -0.4 is 38.4 Å². The fourth-order valence-electron chi connectivity index (χ4n) is 17.4. The van der Waals surface area contributed by atoms with Crippen molar-refractivity contribution in [3.8, 4) is 28.7 Å². The van der Waals surface area contributed by atoms with Crippen molar-refractivity contribution in [2.45, 2.75) is 70.6 Å². The van der Waals surface area contributed by atoms with Crippen molar-refractivity contribution in [1.29, 1.82) is 0 Å². The Labute approximate surface area is 706 Å². The van der Waals surface area contributed by atoms with Crippen LogP contribution in [0.25, 0.3) is 43.6 Å². The number of hydrogen-bond acceptors (Lipinski definition) is 13. The molecule has 4 N–H and O–H groups in total. The summed E-state index contributed by atoms with van der Waals surface area (Å²) in [5.41, 5.74) is 23.3. The van der Waals surface area contributed by atoms with Crippen LogP contribution in [0.4, 0.5) is 27.0 Å². The summed E-state index contributed by atoms with van der Waals surface area (Å²) in [5.74, 6) is 5.38. The molecule has 22 heteroatoms. The Morgan fingerprint density at radius 1 is 0.392 bits per heavy atom. The number of halogens is 2. The number of benzene rings is 10. The van der Waals surface area contributed by atoms with Gasteiger partial charge < -0.3 is 58.3 Å². The van der Waals surface area contributed by atoms with Gasteiger partial charge in [0.25, 0.3) is 0 Å². The number of aryl methyl sites for hydroxylation is 3. The number of anilines is 3. The van der Waals surface area contributed by atoms with Crippen LogP contribution in [0.15, 0.2) is 262 Å². The molecular formula is C98H91Cl2N13O7. The van der Waals surface area contributed by atoms with E-state index in [0.717, 1.165) is 118 Å². The van der Waals surface area contributed by atoms with Gasteiger partial charge in [0.05, 0.1) is 52.8 Å². The minimum Gasteiger partial charge on any atom is -0.497 e. The minimum atomic E-state index is -0.395. The zero-order valence-corrected chi connectivity index (χ0v) is 69.4. The highest BCUT2D eigenvalue weighted by atomic mass is 35.5. The highest BCUT2D eigenvalue weighted by Crippen LogP contribution is 2.46. The Hall–Kier alpha value is -13.6. The fraction of sp³-hybridized carbons (Fsp3) is 0.204. The van der Waals surface area contributed by atoms with Gasteiger partial charge in [-0.1, -0.05) is 125 Å². The van der Waals surface area contributed by atoms with Crippen molar-refractivity contribution in [1.82, 2.24) is 49.7 Å². The number of rotatable bonds is 12. The number of ether oxygens (including phenoxy) is 5. The highest BCUT2D eigenvalue weighted by Gasteiger charge is 2.40. The standard InChI is InChI=1S/C26H24ClN3O2.C26H23ClN2O3.2C23H22N4O/c1-29(19-6-4-3-5-7-19)26(31)30-15-14-21-22-16-18(27)10-13-23(22)28-24(21)25(30)17-8-11-20(32-2)12-9-17;1-16-3-12-23-22(15-16)21-13-14-29(26(30)32-20-10-6-18(27)7-11-20)25(24(21)28-23)17-4-8-19(31-2)9-5-17;1-15-4-9-20-19(14-15)18-10-13-27(23-24-11-3-12-25-23)22(21(18)26-20)16-5-7-17(28-2)8-6-16;1-15-3-8-20-19(13-15)18-9-12-27(21-14-24-10-11-25-21)23(22(18)26-20)16-4-6-17(28-2)7-5-16/h3-13,16,25,28H,14-15H2,1-2H3;3-12,15,25,28H,13-14H2,1-2H3;3-9,11-12,14,22,26H,10,13H2,1-2H3;3-8,10-11,13-14,23,26H,9,12H2,1-2H3. The van der Waals surface area contributed by atoms with Gasteiger partial charge in [-0.2, -0.15) is 0 Å². The van der Waals surface area contributed by atoms with E-state index in [1.165, 1.54) is 88.7 Å². The highest BCUT2D eigenvalue weighted by molar-refractivity contribution is 6.31. The lowest BCUT2D eigenvalue weighted by atomic mass is 9.92. The van der Waals surface area contributed by atoms with E-state index in [1.807, 2.05) is 146 Å². The van der Waals surface area contributed by atoms with Crippen molar-refractivity contribution >= 4 is 96.4 Å². The van der Waals surface area contributed by atoms with Crippen LogP contribution in [-0.4, -0.2) is 123 Å². The molecule has 0 radical (unpaired) electrons. The van der Waals surface area contributed by atoms with Gasteiger partial charge in [-0.15, -0.1) is 0 Å². The summed E-state index contributed by atoms with van der Waals surface area (Å²) in [5, 5.41) is 6.28. The first-order valence-corrected chi connectivity index (χ1v) is 40.9. The number of fused-ring (bicyclic) bond motifs is 12. The first-order valence-electron chi connectivity index (χ1n) is 40.2. The molecule has 0 saturated carbocycles. The second-order valence-electron chi connectivity index (χ2n) is 30.5. The number of carbonyl (C=O) groups excluding carboxylic acids is 2. The van der Waals surface area contributed by atoms with E-state index in [4.69, 9.17) is 46.9 Å². The summed E-state index contributed by atoms with van der Waals surface area (Å²) in [6.45, 7) is 9.31. The minimum absolute atomic E-state index is 0.0322. The summed E-state index contributed by atoms with van der Waals surface area (Å²) in [6.07, 6.45) is 12.0. The summed E-state index contributed by atoms with van der Waals surface area (Å²) in [4.78, 5) is 69.5. The summed E-state index contributed by atoms with van der Waals surface area (Å²) >= 11 is 12.3. The number of nitrogens with zero attached hydrogens (tertiary/aromatic N) is 9. The molecule has 4 aliphatic heterocycles. The molecule has 0 spiro atoms. The number of nitrogens with one attached hydrogen (secondary N) is 4. The Kier molecular flexibility index (Phi) is 22.7. The van der Waals surface area contributed by atoms with Crippen molar-refractivity contribution in [3.05, 3.63) is 356 Å². The molecule has 16 aromatic rings. The Morgan fingerprint density at radius 3 is 1.23 bits per heavy atom. The van der Waals surface area contributed by atoms with Crippen LogP contribution in [0.3, 0.4) is 0 Å². The van der Waals surface area contributed by atoms with Crippen molar-refractivity contribution < 1.29 is 33.3 Å². The molecule has 4 atom stereocenters. The topological polar surface area (TPSA) is 211 Å². The number of para-hydroxylation sites is 1. The number of urea groups is 1. The molecule has 3 amide bonds. The molecule has 0 aliphatic carbocycles. The Morgan fingerprint density at radius 2 is 0.775 bits per heavy atom. The Balaban J connectivity index is 0.000000114. The molecule has 0 saturated heterocycles. The third kappa shape index (κ3) is 16.0. The lowest BCUT2D eigenvalue weighted by Crippen LogP contribution is -2.46. The number of aromatic amines is 4. The normalized spacial score (nSPS) is 15.8. The van der Waals surface area contributed by atoms with E-state index >= 15 is 0 Å². The molecule has 0 fully saturated rings. The van der Waals surface area contributed by atoms with Crippen molar-refractivity contribution in [2.24, 2.45) is 0 Å². The molecule has 10 aromatic carbocycles. The molecule has 20 rings (SSSR count). The average molecular weight is 1630 g/mol. The SMILES string of the molecule is COc1ccc(C2c3[nH]c4ccc(C)cc4c3CCN2C(=O)Oc2ccc(Cl)cc2)cc1.COc1ccc(C2c3[nH]c4ccc(C)cc4c3CCN2c2cnccn2)cc1.COc1ccc(C2c3[nH]c4ccc(C)cc4c3CCN2c2ncccn2)cc1.COc1ccc(C2c3[nH]c4ccc(Cl)cc4c3CCN2C(=O)N(C)c2ccccc2)cc1. The maximum absolute atomic E-state index is 13.7. The first-order chi connectivity index (χ1) is 58.6. The van der Waals surface area contributed by atoms with Crippen LogP contribution in [0.2, 0.25) is 10.0 Å². The molecule has 6 aromatic heterocycles. The van der Waals surface area contributed by atoms with Crippen LogP contribution in [0.1, 0.15) is 108 Å². The monoisotopic (exact) mass is 1630 g/mol. The number of methoxy groups -OCH3 is 4. The maximum Gasteiger partial charge on any atom is 0.416 e. The molecule has 4 unspecified atom stereocenters. The van der Waals surface area contributed by atoms with Gasteiger partial charge in [-0.05, 0) is 237 Å². The van der Waals surface area contributed by atoms with Crippen molar-refractivity contribution in [2.75, 3.05) is 76.4 Å².